The number of carbonyl (C=O) groups is 2. The molecule has 8 nitrogen and oxygen atoms in total. The number of oxazole rings is 1. The second-order valence-electron chi connectivity index (χ2n) is 8.56. The molecular weight excluding hydrogens is 370 g/mol. The molecule has 1 saturated carbocycles. The van der Waals surface area contributed by atoms with Crippen LogP contribution < -0.4 is 0 Å². The quantitative estimate of drug-likeness (QED) is 0.789. The topological polar surface area (TPSA) is 84.5 Å². The smallest absolute Gasteiger partial charge is 0.226 e. The summed E-state index contributed by atoms with van der Waals surface area (Å²) in [6.45, 7) is 5.21. The van der Waals surface area contributed by atoms with Crippen LogP contribution >= 0.6 is 0 Å². The summed E-state index contributed by atoms with van der Waals surface area (Å²) in [5.41, 5.74) is 3.93. The maximum absolute atomic E-state index is 13.2. The molecule has 8 heteroatoms. The number of likely N-dealkylation sites (tertiary alicyclic amines) is 1. The number of rotatable bonds is 4. The Morgan fingerprint density at radius 1 is 1.14 bits per heavy atom. The fourth-order valence-corrected chi connectivity index (χ4v) is 4.61. The number of aromatic nitrogens is 3. The van der Waals surface area contributed by atoms with Gasteiger partial charge in [0.2, 0.25) is 11.8 Å². The Hall–Kier alpha value is -2.64. The van der Waals surface area contributed by atoms with Crippen molar-refractivity contribution in [3.8, 4) is 11.4 Å². The lowest BCUT2D eigenvalue weighted by atomic mass is 9.93. The molecular formula is C21H27N5O3. The van der Waals surface area contributed by atoms with Crippen LogP contribution in [0.15, 0.2) is 17.1 Å². The van der Waals surface area contributed by atoms with E-state index >= 15 is 0 Å². The van der Waals surface area contributed by atoms with Gasteiger partial charge in [0.1, 0.15) is 17.7 Å². The van der Waals surface area contributed by atoms with E-state index in [9.17, 15) is 9.59 Å². The number of carbonyl (C=O) groups excluding carboxylic acids is 2. The molecule has 0 bridgehead atoms. The molecule has 0 spiro atoms. The third-order valence-corrected chi connectivity index (χ3v) is 6.54. The van der Waals surface area contributed by atoms with E-state index in [2.05, 4.69) is 9.67 Å². The Labute approximate surface area is 169 Å². The minimum atomic E-state index is 0.00385. The molecule has 29 heavy (non-hydrogen) atoms. The molecule has 0 unspecified atom stereocenters. The predicted molar refractivity (Wildman–Crippen MR) is 105 cm³/mol. The Kier molecular flexibility index (Phi) is 4.64. The van der Waals surface area contributed by atoms with Gasteiger partial charge in [-0.25, -0.2) is 4.98 Å². The van der Waals surface area contributed by atoms with Gasteiger partial charge in [-0.1, -0.05) is 0 Å². The number of hydrogen-bond acceptors (Lipinski definition) is 5. The van der Waals surface area contributed by atoms with Crippen molar-refractivity contribution in [2.75, 3.05) is 19.6 Å². The maximum atomic E-state index is 13.2. The van der Waals surface area contributed by atoms with Crippen LogP contribution in [0.5, 0.6) is 0 Å². The summed E-state index contributed by atoms with van der Waals surface area (Å²) in [5, 5.41) is 4.86. The molecule has 0 radical (unpaired) electrons. The number of fused-ring (bicyclic) bond motifs is 1. The number of hydrogen-bond donors (Lipinski definition) is 0. The first-order chi connectivity index (χ1) is 14.1. The largest absolute Gasteiger partial charge is 0.451 e. The first kappa shape index (κ1) is 18.4. The molecule has 1 saturated heterocycles. The highest BCUT2D eigenvalue weighted by molar-refractivity contribution is 5.80. The molecule has 5 rings (SSSR count). The molecule has 2 aromatic heterocycles. The van der Waals surface area contributed by atoms with Crippen LogP contribution in [0.25, 0.3) is 11.4 Å². The van der Waals surface area contributed by atoms with Crippen molar-refractivity contribution in [2.45, 2.75) is 52.1 Å². The van der Waals surface area contributed by atoms with Crippen LogP contribution in [0.2, 0.25) is 0 Å². The highest BCUT2D eigenvalue weighted by Gasteiger charge is 2.34. The molecule has 0 atom stereocenters. The van der Waals surface area contributed by atoms with Crippen LogP contribution in [-0.4, -0.2) is 56.0 Å². The van der Waals surface area contributed by atoms with Gasteiger partial charge in [-0.05, 0) is 31.6 Å². The van der Waals surface area contributed by atoms with E-state index in [0.29, 0.717) is 19.6 Å². The second kappa shape index (κ2) is 7.31. The summed E-state index contributed by atoms with van der Waals surface area (Å²) in [5.74, 6) is 1.04. The zero-order valence-electron chi connectivity index (χ0n) is 16.8. The Morgan fingerprint density at radius 3 is 2.59 bits per heavy atom. The molecule has 4 heterocycles. The van der Waals surface area contributed by atoms with Crippen LogP contribution in [0, 0.1) is 11.8 Å². The number of piperidine rings is 1. The van der Waals surface area contributed by atoms with Crippen molar-refractivity contribution in [3.05, 3.63) is 23.9 Å². The molecule has 0 aromatic carbocycles. The van der Waals surface area contributed by atoms with Crippen LogP contribution in [0.1, 0.15) is 43.9 Å². The van der Waals surface area contributed by atoms with Gasteiger partial charge < -0.3 is 14.2 Å². The fraction of sp³-hybridized carbons (Fsp3) is 0.619. The van der Waals surface area contributed by atoms with E-state index < -0.39 is 0 Å². The molecule has 2 fully saturated rings. The first-order valence-electron chi connectivity index (χ1n) is 10.6. The standard InChI is InChI=1S/C21H27N5O3/c1-14(27)24-7-4-16(5-8-24)21(28)25-9-6-19-17(11-25)20(18-12-29-13-22-18)23-26(19)10-15-2-3-15/h12-13,15-16H,2-11H2,1H3. The lowest BCUT2D eigenvalue weighted by molar-refractivity contribution is -0.140. The van der Waals surface area contributed by atoms with Crippen molar-refractivity contribution in [3.63, 3.8) is 0 Å². The van der Waals surface area contributed by atoms with Gasteiger partial charge in [0.25, 0.3) is 0 Å². The van der Waals surface area contributed by atoms with Gasteiger partial charge in [-0.2, -0.15) is 5.10 Å². The highest BCUT2D eigenvalue weighted by atomic mass is 16.3. The second-order valence-corrected chi connectivity index (χ2v) is 8.56. The summed E-state index contributed by atoms with van der Waals surface area (Å²) in [6.07, 6.45) is 7.93. The Morgan fingerprint density at radius 2 is 1.93 bits per heavy atom. The van der Waals surface area contributed by atoms with Gasteiger partial charge in [0.05, 0.1) is 0 Å². The van der Waals surface area contributed by atoms with Crippen LogP contribution in [0.3, 0.4) is 0 Å². The van der Waals surface area contributed by atoms with Gasteiger partial charge >= 0.3 is 0 Å². The summed E-state index contributed by atoms with van der Waals surface area (Å²) < 4.78 is 7.33. The van der Waals surface area contributed by atoms with E-state index in [4.69, 9.17) is 9.52 Å². The third kappa shape index (κ3) is 3.56. The van der Waals surface area contributed by atoms with Crippen molar-refractivity contribution < 1.29 is 14.0 Å². The van der Waals surface area contributed by atoms with E-state index in [1.165, 1.54) is 24.9 Å². The normalized spacial score (nSPS) is 20.0. The average Bonchev–Trinajstić information content (AvgIpc) is 3.25. The Balaban J connectivity index is 1.35. The average molecular weight is 397 g/mol. The van der Waals surface area contributed by atoms with E-state index in [1.54, 1.807) is 13.2 Å². The van der Waals surface area contributed by atoms with Crippen molar-refractivity contribution >= 4 is 11.8 Å². The summed E-state index contributed by atoms with van der Waals surface area (Å²) in [6, 6.07) is 0. The number of nitrogens with zero attached hydrogens (tertiary/aromatic N) is 5. The van der Waals surface area contributed by atoms with E-state index in [1.807, 2.05) is 9.80 Å². The molecule has 0 N–H and O–H groups in total. The zero-order valence-corrected chi connectivity index (χ0v) is 16.8. The lowest BCUT2D eigenvalue weighted by Crippen LogP contribution is -2.45. The minimum Gasteiger partial charge on any atom is -0.451 e. The molecule has 154 valence electrons. The third-order valence-electron chi connectivity index (χ3n) is 6.54. The molecule has 2 amide bonds. The van der Waals surface area contributed by atoms with Gasteiger partial charge in [-0.3, -0.25) is 14.3 Å². The monoisotopic (exact) mass is 397 g/mol. The zero-order chi connectivity index (χ0) is 20.0. The lowest BCUT2D eigenvalue weighted by Gasteiger charge is -2.35. The Bertz CT molecular complexity index is 907. The van der Waals surface area contributed by atoms with Crippen molar-refractivity contribution in [1.29, 1.82) is 0 Å². The molecule has 2 aromatic rings. The molecule has 2 aliphatic heterocycles. The highest BCUT2D eigenvalue weighted by Crippen LogP contribution is 2.35. The molecule has 1 aliphatic carbocycles. The maximum Gasteiger partial charge on any atom is 0.226 e. The van der Waals surface area contributed by atoms with E-state index in [-0.39, 0.29) is 17.7 Å². The van der Waals surface area contributed by atoms with Gasteiger partial charge in [0.15, 0.2) is 6.39 Å². The SMILES string of the molecule is CC(=O)N1CCC(C(=O)N2CCc3c(c(-c4cocn4)nn3CC3CC3)C2)CC1. The predicted octanol–water partition coefficient (Wildman–Crippen LogP) is 2.09. The van der Waals surface area contributed by atoms with Gasteiger partial charge in [-0.15, -0.1) is 0 Å². The van der Waals surface area contributed by atoms with Gasteiger partial charge in [0, 0.05) is 63.2 Å². The van der Waals surface area contributed by atoms with Crippen molar-refractivity contribution in [2.24, 2.45) is 11.8 Å². The molecule has 3 aliphatic rings. The van der Waals surface area contributed by atoms with Crippen LogP contribution in [-0.2, 0) is 29.1 Å². The first-order valence-corrected chi connectivity index (χ1v) is 10.6. The summed E-state index contributed by atoms with van der Waals surface area (Å²) in [4.78, 5) is 32.9. The van der Waals surface area contributed by atoms with Crippen molar-refractivity contribution in [1.82, 2.24) is 24.6 Å². The minimum absolute atomic E-state index is 0.00385. The number of amides is 2. The van der Waals surface area contributed by atoms with Crippen LogP contribution in [0.4, 0.5) is 0 Å². The summed E-state index contributed by atoms with van der Waals surface area (Å²) in [7, 11) is 0. The van der Waals surface area contributed by atoms with E-state index in [0.717, 1.165) is 55.2 Å². The summed E-state index contributed by atoms with van der Waals surface area (Å²) >= 11 is 0. The fourth-order valence-electron chi connectivity index (χ4n) is 4.61.